The molecule has 0 saturated heterocycles. The van der Waals surface area contributed by atoms with E-state index in [0.717, 1.165) is 12.1 Å². The number of nitrogens with zero attached hydrogens (tertiary/aromatic N) is 1. The average molecular weight is 244 g/mol. The van der Waals surface area contributed by atoms with E-state index in [-0.39, 0.29) is 19.0 Å². The second kappa shape index (κ2) is 5.32. The summed E-state index contributed by atoms with van der Waals surface area (Å²) in [6.07, 6.45) is 0.692. The molecule has 1 aliphatic heterocycles. The van der Waals surface area contributed by atoms with Gasteiger partial charge in [0.25, 0.3) is 0 Å². The predicted molar refractivity (Wildman–Crippen MR) is 69.3 cm³/mol. The van der Waals surface area contributed by atoms with E-state index in [2.05, 4.69) is 17.2 Å². The van der Waals surface area contributed by atoms with Crippen molar-refractivity contribution in [1.29, 1.82) is 0 Å². The number of fused-ring (bicyclic) bond motifs is 1. The van der Waals surface area contributed by atoms with Gasteiger partial charge in [0.2, 0.25) is 0 Å². The quantitative estimate of drug-likeness (QED) is 0.377. The molecule has 4 nitrogen and oxygen atoms in total. The van der Waals surface area contributed by atoms with Crippen molar-refractivity contribution < 1.29 is 9.44 Å². The summed E-state index contributed by atoms with van der Waals surface area (Å²) in [5.41, 5.74) is 1.37. The Bertz CT molecular complexity index is 516. The molecule has 1 aliphatic rings. The Morgan fingerprint density at radius 2 is 2.17 bits per heavy atom. The highest BCUT2D eigenvalue weighted by atomic mass is 16.6. The molecule has 4 heteroatoms. The summed E-state index contributed by atoms with van der Waals surface area (Å²) in [4.78, 5) is 12.0. The van der Waals surface area contributed by atoms with Crippen molar-refractivity contribution >= 4 is 5.91 Å². The van der Waals surface area contributed by atoms with Crippen LogP contribution in [0.2, 0.25) is 0 Å². The number of quaternary nitrogens is 1. The molecule has 0 aliphatic carbocycles. The number of benzene rings is 1. The van der Waals surface area contributed by atoms with E-state index in [9.17, 15) is 10.0 Å². The van der Waals surface area contributed by atoms with Crippen LogP contribution in [-0.4, -0.2) is 30.7 Å². The second-order valence-corrected chi connectivity index (χ2v) is 4.37. The van der Waals surface area contributed by atoms with Gasteiger partial charge in [0.05, 0.1) is 5.56 Å². The van der Waals surface area contributed by atoms with Crippen LogP contribution < -0.4 is 5.32 Å². The molecule has 1 atom stereocenters. The molecule has 0 spiro atoms. The number of hydrogen-bond acceptors (Lipinski definition) is 3. The number of amides is 1. The van der Waals surface area contributed by atoms with Gasteiger partial charge in [0, 0.05) is 18.5 Å². The molecule has 0 radical (unpaired) electrons. The van der Waals surface area contributed by atoms with Gasteiger partial charge in [-0.2, -0.15) is 0 Å². The maximum absolute atomic E-state index is 12.4. The monoisotopic (exact) mass is 244 g/mol. The Morgan fingerprint density at radius 3 is 2.89 bits per heavy atom. The van der Waals surface area contributed by atoms with Gasteiger partial charge in [-0.15, -0.1) is 0 Å². The molecule has 1 unspecified atom stereocenters. The molecule has 18 heavy (non-hydrogen) atoms. The van der Waals surface area contributed by atoms with Crippen molar-refractivity contribution in [2.24, 2.45) is 0 Å². The second-order valence-electron chi connectivity index (χ2n) is 4.37. The summed E-state index contributed by atoms with van der Waals surface area (Å²) in [7, 11) is 1.85. The third-order valence-corrected chi connectivity index (χ3v) is 3.00. The van der Waals surface area contributed by atoms with Crippen LogP contribution in [0.15, 0.2) is 24.3 Å². The van der Waals surface area contributed by atoms with Gasteiger partial charge < -0.3 is 10.5 Å². The van der Waals surface area contributed by atoms with Crippen LogP contribution >= 0.6 is 0 Å². The fourth-order valence-electron chi connectivity index (χ4n) is 2.02. The first-order valence-electron chi connectivity index (χ1n) is 5.98. The lowest BCUT2D eigenvalue weighted by molar-refractivity contribution is -0.799. The van der Waals surface area contributed by atoms with E-state index < -0.39 is 4.65 Å². The smallest absolute Gasteiger partial charge is 0.347 e. The lowest BCUT2D eigenvalue weighted by atomic mass is 10.1. The maximum atomic E-state index is 12.4. The van der Waals surface area contributed by atoms with Crippen molar-refractivity contribution in [3.63, 3.8) is 0 Å². The van der Waals surface area contributed by atoms with Crippen LogP contribution in [0, 0.1) is 17.0 Å². The number of hydroxylamine groups is 3. The van der Waals surface area contributed by atoms with Crippen LogP contribution in [0.5, 0.6) is 0 Å². The van der Waals surface area contributed by atoms with Gasteiger partial charge in [-0.25, -0.2) is 4.79 Å². The van der Waals surface area contributed by atoms with E-state index in [1.807, 2.05) is 19.2 Å². The minimum Gasteiger partial charge on any atom is -0.624 e. The van der Waals surface area contributed by atoms with Crippen molar-refractivity contribution in [2.75, 3.05) is 20.1 Å². The highest BCUT2D eigenvalue weighted by Crippen LogP contribution is 2.28. The van der Waals surface area contributed by atoms with Crippen LogP contribution in [0.4, 0.5) is 0 Å². The van der Waals surface area contributed by atoms with Gasteiger partial charge in [-0.3, -0.25) is 4.65 Å². The zero-order valence-electron chi connectivity index (χ0n) is 10.4. The molecule has 0 saturated carbocycles. The SMILES string of the molecule is CNCCC#CC[N+]1([O-])Cc2ccccc2C1=O. The van der Waals surface area contributed by atoms with Crippen molar-refractivity contribution in [2.45, 2.75) is 13.0 Å². The largest absolute Gasteiger partial charge is 0.624 e. The zero-order chi connectivity index (χ0) is 13.0. The maximum Gasteiger partial charge on any atom is 0.347 e. The summed E-state index contributed by atoms with van der Waals surface area (Å²) in [6, 6.07) is 7.18. The van der Waals surface area contributed by atoms with Gasteiger partial charge in [-0.05, 0) is 19.0 Å². The molecule has 1 aromatic carbocycles. The standard InChI is InChI=1S/C14H16N2O2/c1-15-9-5-2-6-10-16(18)11-12-7-3-4-8-13(12)14(16)17/h3-4,7-8,15H,5,9-11H2,1H3. The summed E-state index contributed by atoms with van der Waals surface area (Å²) >= 11 is 0. The number of carbonyl (C=O) groups is 1. The Kier molecular flexibility index (Phi) is 3.78. The van der Waals surface area contributed by atoms with Crippen molar-refractivity contribution in [3.8, 4) is 11.8 Å². The van der Waals surface area contributed by atoms with E-state index in [1.165, 1.54) is 0 Å². The number of hydrogen-bond donors (Lipinski definition) is 1. The lowest BCUT2D eigenvalue weighted by Gasteiger charge is -2.32. The lowest BCUT2D eigenvalue weighted by Crippen LogP contribution is -2.42. The molecule has 0 bridgehead atoms. The topological polar surface area (TPSA) is 52.2 Å². The molecule has 0 fully saturated rings. The van der Waals surface area contributed by atoms with Crippen LogP contribution in [0.25, 0.3) is 0 Å². The molecular formula is C14H16N2O2. The minimum atomic E-state index is -0.869. The fraction of sp³-hybridized carbons (Fsp3) is 0.357. The van der Waals surface area contributed by atoms with Gasteiger partial charge >= 0.3 is 5.91 Å². The van der Waals surface area contributed by atoms with E-state index >= 15 is 0 Å². The van der Waals surface area contributed by atoms with E-state index in [0.29, 0.717) is 12.0 Å². The van der Waals surface area contributed by atoms with Crippen LogP contribution in [0.3, 0.4) is 0 Å². The molecule has 0 aromatic heterocycles. The van der Waals surface area contributed by atoms with Gasteiger partial charge in [0.15, 0.2) is 0 Å². The van der Waals surface area contributed by atoms with E-state index in [4.69, 9.17) is 0 Å². The molecule has 1 N–H and O–H groups in total. The summed E-state index contributed by atoms with van der Waals surface area (Å²) in [6.45, 7) is 1.03. The molecule has 1 heterocycles. The summed E-state index contributed by atoms with van der Waals surface area (Å²) < 4.78 is -0.869. The third kappa shape index (κ3) is 2.44. The summed E-state index contributed by atoms with van der Waals surface area (Å²) in [5, 5.41) is 15.4. The Labute approximate surface area is 107 Å². The normalized spacial score (nSPS) is 21.3. The minimum absolute atomic E-state index is 0.0389. The molecule has 94 valence electrons. The Hall–Kier alpha value is -1.67. The molecule has 1 aromatic rings. The highest BCUT2D eigenvalue weighted by Gasteiger charge is 2.37. The van der Waals surface area contributed by atoms with Crippen LogP contribution in [0.1, 0.15) is 22.3 Å². The fourth-order valence-corrected chi connectivity index (χ4v) is 2.02. The first kappa shape index (κ1) is 12.8. The van der Waals surface area contributed by atoms with Crippen LogP contribution in [-0.2, 0) is 6.54 Å². The van der Waals surface area contributed by atoms with E-state index in [1.54, 1.807) is 12.1 Å². The Balaban J connectivity index is 2.06. The molecule has 1 amide bonds. The number of nitrogens with one attached hydrogen (secondary N) is 1. The van der Waals surface area contributed by atoms with Crippen molar-refractivity contribution in [1.82, 2.24) is 5.32 Å². The zero-order valence-corrected chi connectivity index (χ0v) is 10.4. The third-order valence-electron chi connectivity index (χ3n) is 3.00. The first-order valence-corrected chi connectivity index (χ1v) is 5.98. The molecular weight excluding hydrogens is 228 g/mol. The number of carbonyl (C=O) groups excluding carboxylic acids is 1. The predicted octanol–water partition coefficient (Wildman–Crippen LogP) is 1.27. The summed E-state index contributed by atoms with van der Waals surface area (Å²) in [5.74, 6) is 5.36. The van der Waals surface area contributed by atoms with Gasteiger partial charge in [-0.1, -0.05) is 24.1 Å². The first-order chi connectivity index (χ1) is 8.67. The van der Waals surface area contributed by atoms with Gasteiger partial charge in [0.1, 0.15) is 13.1 Å². The highest BCUT2D eigenvalue weighted by molar-refractivity contribution is 5.93. The average Bonchev–Trinajstić information content (AvgIpc) is 2.62. The van der Waals surface area contributed by atoms with Crippen molar-refractivity contribution in [3.05, 3.63) is 40.6 Å². The Morgan fingerprint density at radius 1 is 1.39 bits per heavy atom. The molecule has 2 rings (SSSR count). The number of rotatable bonds is 3.